The number of rotatable bonds is 26. The zero-order valence-corrected chi connectivity index (χ0v) is 24.6. The summed E-state index contributed by atoms with van der Waals surface area (Å²) < 4.78 is 27.6. The quantitative estimate of drug-likeness (QED) is 0.0689. The molecule has 38 heavy (non-hydrogen) atoms. The van der Waals surface area contributed by atoms with Gasteiger partial charge in [-0.2, -0.15) is 0 Å². The molecule has 0 fully saturated rings. The molecule has 0 bridgehead atoms. The lowest BCUT2D eigenvalue weighted by atomic mass is 10.0. The van der Waals surface area contributed by atoms with E-state index >= 15 is 0 Å². The Bertz CT molecular complexity index is 723. The van der Waals surface area contributed by atoms with Crippen molar-refractivity contribution in [2.45, 2.75) is 122 Å². The van der Waals surface area contributed by atoms with E-state index in [-0.39, 0.29) is 13.2 Å². The van der Waals surface area contributed by atoms with Gasteiger partial charge in [-0.3, -0.25) is 9.36 Å². The number of benzene rings is 1. The first kappa shape index (κ1) is 34.8. The Labute approximate surface area is 231 Å². The minimum atomic E-state index is -4.45. The first-order chi connectivity index (χ1) is 18.4. The number of hydrogen-bond donors (Lipinski definition) is 2. The maximum absolute atomic E-state index is 11.7. The number of ether oxygens (including phenoxy) is 3. The molecule has 8 heteroatoms. The SMILES string of the molecule is CCCCCCCCCCCCCCCCCCOC[C@H](COC(=O)CP(=O)(O)O)OCc1ccccc1. The molecule has 0 aromatic heterocycles. The molecular weight excluding hydrogens is 503 g/mol. The van der Waals surface area contributed by atoms with E-state index in [1.54, 1.807) is 0 Å². The van der Waals surface area contributed by atoms with Crippen molar-refractivity contribution in [3.63, 3.8) is 0 Å². The lowest BCUT2D eigenvalue weighted by molar-refractivity contribution is -0.147. The van der Waals surface area contributed by atoms with E-state index in [2.05, 4.69) is 6.92 Å². The van der Waals surface area contributed by atoms with Gasteiger partial charge < -0.3 is 24.0 Å². The molecule has 0 aliphatic carbocycles. The van der Waals surface area contributed by atoms with Crippen molar-refractivity contribution in [2.75, 3.05) is 26.0 Å². The van der Waals surface area contributed by atoms with Gasteiger partial charge in [0.25, 0.3) is 0 Å². The first-order valence-electron chi connectivity index (χ1n) is 14.8. The fraction of sp³-hybridized carbons (Fsp3) is 0.767. The van der Waals surface area contributed by atoms with E-state index in [0.717, 1.165) is 18.4 Å². The molecule has 220 valence electrons. The van der Waals surface area contributed by atoms with E-state index in [1.165, 1.54) is 89.9 Å². The molecule has 1 rings (SSSR count). The molecule has 0 amide bonds. The predicted octanol–water partition coefficient (Wildman–Crippen LogP) is 7.57. The molecule has 2 N–H and O–H groups in total. The lowest BCUT2D eigenvalue weighted by Crippen LogP contribution is -2.28. The van der Waals surface area contributed by atoms with Gasteiger partial charge >= 0.3 is 13.6 Å². The summed E-state index contributed by atoms with van der Waals surface area (Å²) in [6, 6.07) is 9.64. The van der Waals surface area contributed by atoms with Crippen LogP contribution < -0.4 is 0 Å². The van der Waals surface area contributed by atoms with Gasteiger partial charge in [0.1, 0.15) is 18.9 Å². The Morgan fingerprint density at radius 1 is 0.763 bits per heavy atom. The topological polar surface area (TPSA) is 102 Å². The molecule has 0 aliphatic heterocycles. The first-order valence-corrected chi connectivity index (χ1v) is 16.6. The minimum absolute atomic E-state index is 0.107. The summed E-state index contributed by atoms with van der Waals surface area (Å²) in [5, 5.41) is 0. The summed E-state index contributed by atoms with van der Waals surface area (Å²) in [5.41, 5.74) is 0.983. The molecule has 0 saturated heterocycles. The van der Waals surface area contributed by atoms with Crippen LogP contribution in [0.15, 0.2) is 30.3 Å². The fourth-order valence-corrected chi connectivity index (χ4v) is 4.73. The highest BCUT2D eigenvalue weighted by molar-refractivity contribution is 7.52. The molecule has 0 spiro atoms. The van der Waals surface area contributed by atoms with Gasteiger partial charge in [-0.1, -0.05) is 134 Å². The van der Waals surface area contributed by atoms with Crippen LogP contribution in [0.5, 0.6) is 0 Å². The molecule has 0 unspecified atom stereocenters. The largest absolute Gasteiger partial charge is 0.462 e. The summed E-state index contributed by atoms with van der Waals surface area (Å²) in [7, 11) is -4.45. The fourth-order valence-electron chi connectivity index (χ4n) is 4.30. The summed E-state index contributed by atoms with van der Waals surface area (Å²) in [5.74, 6) is -0.940. The highest BCUT2D eigenvalue weighted by atomic mass is 31.2. The van der Waals surface area contributed by atoms with Gasteiger partial charge in [0.15, 0.2) is 0 Å². The third-order valence-corrected chi connectivity index (χ3v) is 7.21. The van der Waals surface area contributed by atoms with E-state index in [4.69, 9.17) is 24.0 Å². The molecule has 0 heterocycles. The monoisotopic (exact) mass is 556 g/mol. The number of esters is 1. The average Bonchev–Trinajstić information content (AvgIpc) is 2.88. The van der Waals surface area contributed by atoms with Crippen LogP contribution >= 0.6 is 7.60 Å². The van der Waals surface area contributed by atoms with Crippen molar-refractivity contribution in [3.05, 3.63) is 35.9 Å². The highest BCUT2D eigenvalue weighted by Crippen LogP contribution is 2.33. The number of unbranched alkanes of at least 4 members (excludes halogenated alkanes) is 15. The normalized spacial score (nSPS) is 12.5. The predicted molar refractivity (Wildman–Crippen MR) is 153 cm³/mol. The van der Waals surface area contributed by atoms with Gasteiger partial charge in [-0.25, -0.2) is 0 Å². The van der Waals surface area contributed by atoms with Crippen LogP contribution in [0, 0.1) is 0 Å². The van der Waals surface area contributed by atoms with Gasteiger partial charge in [-0.05, 0) is 12.0 Å². The van der Waals surface area contributed by atoms with E-state index in [1.807, 2.05) is 30.3 Å². The van der Waals surface area contributed by atoms with Crippen molar-refractivity contribution >= 4 is 13.6 Å². The second kappa shape index (κ2) is 23.6. The molecule has 1 aromatic carbocycles. The van der Waals surface area contributed by atoms with Gasteiger partial charge in [0.2, 0.25) is 0 Å². The van der Waals surface area contributed by atoms with Crippen LogP contribution in [0.25, 0.3) is 0 Å². The van der Waals surface area contributed by atoms with E-state index < -0.39 is 25.8 Å². The van der Waals surface area contributed by atoms with Crippen molar-refractivity contribution in [1.29, 1.82) is 0 Å². The van der Waals surface area contributed by atoms with Gasteiger partial charge in [0.05, 0.1) is 13.2 Å². The maximum Gasteiger partial charge on any atom is 0.336 e. The molecule has 0 saturated carbocycles. The molecule has 0 radical (unpaired) electrons. The van der Waals surface area contributed by atoms with Crippen molar-refractivity contribution in [2.24, 2.45) is 0 Å². The Balaban J connectivity index is 2.05. The maximum atomic E-state index is 11.7. The van der Waals surface area contributed by atoms with Crippen molar-refractivity contribution in [3.8, 4) is 0 Å². The number of carbonyl (C=O) groups excluding carboxylic acids is 1. The second-order valence-corrected chi connectivity index (χ2v) is 11.9. The third kappa shape index (κ3) is 22.7. The van der Waals surface area contributed by atoms with Crippen LogP contribution in [-0.4, -0.2) is 47.8 Å². The molecule has 7 nitrogen and oxygen atoms in total. The summed E-state index contributed by atoms with van der Waals surface area (Å²) in [6.45, 7) is 3.37. The zero-order chi connectivity index (χ0) is 27.7. The van der Waals surface area contributed by atoms with Gasteiger partial charge in [-0.15, -0.1) is 0 Å². The summed E-state index contributed by atoms with van der Waals surface area (Å²) in [6.07, 6.45) is 19.7. The Morgan fingerprint density at radius 2 is 1.26 bits per heavy atom. The number of carbonyl (C=O) groups is 1. The molecule has 1 aromatic rings. The molecule has 1 atom stereocenters. The standard InChI is InChI=1S/C30H53O7P/c1-2-3-4-5-6-7-8-9-10-11-12-13-14-15-16-20-23-35-25-29(26-37-30(31)27-38(32,33)34)36-24-28-21-18-17-19-22-28/h17-19,21-22,29H,2-16,20,23-27H2,1H3,(H2,32,33,34)/t29-/m1/s1. The second-order valence-electron chi connectivity index (χ2n) is 10.3. The van der Waals surface area contributed by atoms with Crippen LogP contribution in [0.1, 0.15) is 115 Å². The number of hydrogen-bond acceptors (Lipinski definition) is 5. The Morgan fingerprint density at radius 3 is 1.76 bits per heavy atom. The average molecular weight is 557 g/mol. The van der Waals surface area contributed by atoms with Crippen molar-refractivity contribution in [1.82, 2.24) is 0 Å². The Kier molecular flexibility index (Phi) is 21.6. The van der Waals surface area contributed by atoms with E-state index in [0.29, 0.717) is 13.2 Å². The van der Waals surface area contributed by atoms with Gasteiger partial charge in [0, 0.05) is 6.61 Å². The Hall–Kier alpha value is -1.24. The van der Waals surface area contributed by atoms with Crippen LogP contribution in [-0.2, 0) is 30.2 Å². The van der Waals surface area contributed by atoms with Crippen molar-refractivity contribution < 1.29 is 33.4 Å². The third-order valence-electron chi connectivity index (χ3n) is 6.54. The van der Waals surface area contributed by atoms with E-state index in [9.17, 15) is 9.36 Å². The van der Waals surface area contributed by atoms with Crippen LogP contribution in [0.2, 0.25) is 0 Å². The molecule has 0 aliphatic rings. The smallest absolute Gasteiger partial charge is 0.336 e. The lowest BCUT2D eigenvalue weighted by Gasteiger charge is -2.18. The highest BCUT2D eigenvalue weighted by Gasteiger charge is 2.22. The zero-order valence-electron chi connectivity index (χ0n) is 23.7. The summed E-state index contributed by atoms with van der Waals surface area (Å²) >= 11 is 0. The summed E-state index contributed by atoms with van der Waals surface area (Å²) in [4.78, 5) is 29.5. The minimum Gasteiger partial charge on any atom is -0.462 e. The molecular formula is C30H53O7P. The van der Waals surface area contributed by atoms with Crippen LogP contribution in [0.4, 0.5) is 0 Å². The van der Waals surface area contributed by atoms with Crippen LogP contribution in [0.3, 0.4) is 0 Å².